The zero-order valence-corrected chi connectivity index (χ0v) is 32.3. The minimum absolute atomic E-state index is 0.109. The number of fused-ring (bicyclic) bond motifs is 1. The molecule has 2 heterocycles. The van der Waals surface area contributed by atoms with E-state index in [-0.39, 0.29) is 40.3 Å². The average molecular weight is 737 g/mol. The Balaban J connectivity index is 1.60. The van der Waals surface area contributed by atoms with Crippen LogP contribution in [-0.2, 0) is 17.8 Å². The quantitative estimate of drug-likeness (QED) is 0.123. The molecule has 11 heteroatoms. The number of carbonyl (C=O) groups is 3. The number of imidazole rings is 1. The van der Waals surface area contributed by atoms with Gasteiger partial charge >= 0.3 is 6.09 Å². The smallest absolute Gasteiger partial charge is 0.408 e. The van der Waals surface area contributed by atoms with Gasteiger partial charge in [0.05, 0.1) is 23.1 Å². The third kappa shape index (κ3) is 9.27. The summed E-state index contributed by atoms with van der Waals surface area (Å²) >= 11 is 6.09. The highest BCUT2D eigenvalue weighted by molar-refractivity contribution is 6.30. The van der Waals surface area contributed by atoms with Crippen LogP contribution in [-0.4, -0.2) is 61.0 Å². The van der Waals surface area contributed by atoms with E-state index in [2.05, 4.69) is 11.4 Å². The Morgan fingerprint density at radius 3 is 2.34 bits per heavy atom. The Bertz CT molecular complexity index is 2040. The van der Waals surface area contributed by atoms with Crippen molar-refractivity contribution >= 4 is 46.5 Å². The van der Waals surface area contributed by atoms with Gasteiger partial charge in [0.25, 0.3) is 11.8 Å². The number of allylic oxidation sites excluding steroid dienone is 1. The maximum Gasteiger partial charge on any atom is 0.408 e. The molecular weight excluding hydrogens is 688 g/mol. The molecule has 0 bridgehead atoms. The van der Waals surface area contributed by atoms with Crippen molar-refractivity contribution in [2.45, 2.75) is 92.4 Å². The summed E-state index contributed by atoms with van der Waals surface area (Å²) in [4.78, 5) is 48.5. The molecule has 53 heavy (non-hydrogen) atoms. The van der Waals surface area contributed by atoms with Crippen LogP contribution in [0, 0.1) is 22.2 Å². The number of hydrogen-bond acceptors (Lipinski definition) is 5. The number of anilines is 1. The van der Waals surface area contributed by atoms with Gasteiger partial charge in [-0.15, -0.1) is 0 Å². The standard InChI is InChI=1S/C42H49ClN6O4/c1-27(42(5,6)7)49(40(52)53)36(22-28-12-9-8-10-13-28)30-17-20-35-34(23-30)45-39(46-37(50)29-15-18-32(43)19-16-29)48(35)26-33-14-11-21-47(33)38(51)31(25-44)24-41(2,3)4/h8-10,12-13,15-20,23-24,27,33,36H,11,14,21-22,26H2,1-7H3,(H,52,53)(H,45,46,50)/b31-24+/t27-,33?,36?/m0/s1. The maximum absolute atomic E-state index is 13.7. The van der Waals surface area contributed by atoms with Crippen molar-refractivity contribution in [3.8, 4) is 6.07 Å². The lowest BCUT2D eigenvalue weighted by Crippen LogP contribution is -2.47. The van der Waals surface area contributed by atoms with Crippen LogP contribution < -0.4 is 5.32 Å². The summed E-state index contributed by atoms with van der Waals surface area (Å²) < 4.78 is 1.90. The summed E-state index contributed by atoms with van der Waals surface area (Å²) in [7, 11) is 0. The average Bonchev–Trinajstić information content (AvgIpc) is 3.70. The summed E-state index contributed by atoms with van der Waals surface area (Å²) in [6, 6.07) is 23.1. The zero-order valence-electron chi connectivity index (χ0n) is 31.6. The number of hydrogen-bond donors (Lipinski definition) is 2. The number of carboxylic acid groups (broad SMARTS) is 1. The van der Waals surface area contributed by atoms with Gasteiger partial charge < -0.3 is 14.6 Å². The fourth-order valence-corrected chi connectivity index (χ4v) is 6.97. The van der Waals surface area contributed by atoms with Crippen LogP contribution >= 0.6 is 11.6 Å². The first-order valence-corrected chi connectivity index (χ1v) is 18.4. The molecule has 0 saturated carbocycles. The van der Waals surface area contributed by atoms with E-state index in [0.717, 1.165) is 23.1 Å². The Kier molecular flexibility index (Phi) is 11.7. The SMILES string of the molecule is C[C@H](N(C(=O)O)C(Cc1ccccc1)c1ccc2c(c1)nc(NC(=O)c1ccc(Cl)cc1)n2CC1CCCN1C(=O)/C(C#N)=C/C(C)(C)C)C(C)(C)C. The van der Waals surface area contributed by atoms with Crippen LogP contribution in [0.2, 0.25) is 5.02 Å². The minimum atomic E-state index is -1.02. The second-order valence-electron chi connectivity index (χ2n) is 16.0. The Labute approximate surface area is 317 Å². The van der Waals surface area contributed by atoms with Gasteiger partial charge in [-0.2, -0.15) is 5.26 Å². The highest BCUT2D eigenvalue weighted by Gasteiger charge is 2.37. The van der Waals surface area contributed by atoms with E-state index < -0.39 is 12.1 Å². The van der Waals surface area contributed by atoms with Gasteiger partial charge in [-0.1, -0.05) is 95.6 Å². The third-order valence-corrected chi connectivity index (χ3v) is 10.2. The number of amides is 3. The van der Waals surface area contributed by atoms with Gasteiger partial charge in [-0.05, 0) is 84.5 Å². The molecule has 1 saturated heterocycles. The molecule has 3 aromatic carbocycles. The molecule has 3 atom stereocenters. The predicted octanol–water partition coefficient (Wildman–Crippen LogP) is 9.13. The summed E-state index contributed by atoms with van der Waals surface area (Å²) in [5.74, 6) is -0.399. The minimum Gasteiger partial charge on any atom is -0.465 e. The molecule has 2 N–H and O–H groups in total. The van der Waals surface area contributed by atoms with E-state index in [1.807, 2.05) is 102 Å². The van der Waals surface area contributed by atoms with E-state index >= 15 is 0 Å². The van der Waals surface area contributed by atoms with E-state index in [1.165, 1.54) is 4.90 Å². The van der Waals surface area contributed by atoms with Crippen molar-refractivity contribution in [2.24, 2.45) is 10.8 Å². The number of rotatable bonds is 10. The first-order chi connectivity index (χ1) is 25.0. The second kappa shape index (κ2) is 15.8. The van der Waals surface area contributed by atoms with E-state index in [1.54, 1.807) is 35.2 Å². The van der Waals surface area contributed by atoms with Gasteiger partial charge in [0.15, 0.2) is 0 Å². The number of nitrogens with one attached hydrogen (secondary N) is 1. The summed E-state index contributed by atoms with van der Waals surface area (Å²) in [5, 5.41) is 24.0. The molecule has 5 rings (SSSR count). The number of halogens is 1. The number of nitriles is 1. The molecule has 10 nitrogen and oxygen atoms in total. The fraction of sp³-hybridized carbons (Fsp3) is 0.405. The second-order valence-corrected chi connectivity index (χ2v) is 16.5. The highest BCUT2D eigenvalue weighted by atomic mass is 35.5. The molecule has 3 amide bonds. The number of carbonyl (C=O) groups excluding carboxylic acids is 2. The molecule has 1 aromatic heterocycles. The Morgan fingerprint density at radius 1 is 1.06 bits per heavy atom. The first-order valence-electron chi connectivity index (χ1n) is 18.0. The Hall–Kier alpha value is -5.14. The van der Waals surface area contributed by atoms with E-state index in [4.69, 9.17) is 16.6 Å². The van der Waals surface area contributed by atoms with Crippen LogP contribution in [0.15, 0.2) is 84.4 Å². The largest absolute Gasteiger partial charge is 0.465 e. The molecule has 1 aliphatic rings. The number of nitrogens with zero attached hydrogens (tertiary/aromatic N) is 5. The van der Waals surface area contributed by atoms with Crippen molar-refractivity contribution in [2.75, 3.05) is 11.9 Å². The van der Waals surface area contributed by atoms with E-state index in [0.29, 0.717) is 48.0 Å². The summed E-state index contributed by atoms with van der Waals surface area (Å²) in [6.07, 6.45) is 2.62. The van der Waals surface area contributed by atoms with Crippen LogP contribution in [0.5, 0.6) is 0 Å². The van der Waals surface area contributed by atoms with E-state index in [9.17, 15) is 24.8 Å². The van der Waals surface area contributed by atoms with Crippen molar-refractivity contribution < 1.29 is 19.5 Å². The molecule has 0 spiro atoms. The third-order valence-electron chi connectivity index (χ3n) is 9.95. The molecular formula is C42H49ClN6O4. The van der Waals surface area contributed by atoms with Crippen LogP contribution in [0.3, 0.4) is 0 Å². The maximum atomic E-state index is 13.7. The molecule has 0 radical (unpaired) electrons. The summed E-state index contributed by atoms with van der Waals surface area (Å²) in [5.41, 5.74) is 2.86. The van der Waals surface area contributed by atoms with Gasteiger partial charge in [-0.3, -0.25) is 19.8 Å². The predicted molar refractivity (Wildman–Crippen MR) is 209 cm³/mol. The monoisotopic (exact) mass is 736 g/mol. The summed E-state index contributed by atoms with van der Waals surface area (Å²) in [6.45, 7) is 14.7. The van der Waals surface area contributed by atoms with Gasteiger partial charge in [0.1, 0.15) is 11.6 Å². The van der Waals surface area contributed by atoms with Crippen LogP contribution in [0.4, 0.5) is 10.7 Å². The first kappa shape index (κ1) is 39.1. The molecule has 4 aromatic rings. The number of benzene rings is 3. The van der Waals surface area contributed by atoms with Gasteiger partial charge in [0.2, 0.25) is 5.95 Å². The van der Waals surface area contributed by atoms with Crippen LogP contribution in [0.25, 0.3) is 11.0 Å². The number of aromatic nitrogens is 2. The molecule has 1 fully saturated rings. The normalized spacial score (nSPS) is 16.2. The van der Waals surface area contributed by atoms with Crippen LogP contribution in [0.1, 0.15) is 88.8 Å². The highest BCUT2D eigenvalue weighted by Crippen LogP contribution is 2.36. The van der Waals surface area contributed by atoms with Crippen molar-refractivity contribution in [1.29, 1.82) is 5.26 Å². The molecule has 2 unspecified atom stereocenters. The lowest BCUT2D eigenvalue weighted by Gasteiger charge is -2.41. The molecule has 278 valence electrons. The van der Waals surface area contributed by atoms with Crippen molar-refractivity contribution in [3.63, 3.8) is 0 Å². The van der Waals surface area contributed by atoms with Gasteiger partial charge in [0, 0.05) is 29.7 Å². The lowest BCUT2D eigenvalue weighted by atomic mass is 9.84. The fourth-order valence-electron chi connectivity index (χ4n) is 6.84. The topological polar surface area (TPSA) is 132 Å². The Morgan fingerprint density at radius 2 is 1.74 bits per heavy atom. The number of likely N-dealkylation sites (tertiary alicyclic amines) is 1. The molecule has 0 aliphatic carbocycles. The zero-order chi connectivity index (χ0) is 38.7. The molecule has 1 aliphatic heterocycles. The van der Waals surface area contributed by atoms with Crippen molar-refractivity contribution in [3.05, 3.63) is 106 Å². The van der Waals surface area contributed by atoms with Crippen molar-refractivity contribution in [1.82, 2.24) is 19.4 Å². The van der Waals surface area contributed by atoms with Gasteiger partial charge in [-0.25, -0.2) is 9.78 Å². The lowest BCUT2D eigenvalue weighted by molar-refractivity contribution is -0.127.